The average Bonchev–Trinajstić information content (AvgIpc) is 3.27. The maximum atomic E-state index is 13.2. The Morgan fingerprint density at radius 1 is 1.06 bits per heavy atom. The van der Waals surface area contributed by atoms with Crippen LogP contribution < -0.4 is 14.8 Å². The number of nitrogens with one attached hydrogen (secondary N) is 1. The Morgan fingerprint density at radius 2 is 1.83 bits per heavy atom. The van der Waals surface area contributed by atoms with Gasteiger partial charge in [-0.05, 0) is 55.4 Å². The minimum absolute atomic E-state index is 0.0208. The van der Waals surface area contributed by atoms with Crippen LogP contribution in [0.25, 0.3) is 0 Å². The van der Waals surface area contributed by atoms with Crippen LogP contribution in [0.2, 0.25) is 0 Å². The number of likely N-dealkylation sites (tertiary alicyclic amines) is 1. The van der Waals surface area contributed by atoms with Crippen molar-refractivity contribution in [1.29, 1.82) is 0 Å². The van der Waals surface area contributed by atoms with Gasteiger partial charge in [-0.3, -0.25) is 14.4 Å². The van der Waals surface area contributed by atoms with E-state index in [0.717, 1.165) is 24.0 Å². The highest BCUT2D eigenvalue weighted by Gasteiger charge is 2.39. The third-order valence-electron chi connectivity index (χ3n) is 7.49. The lowest BCUT2D eigenvalue weighted by Gasteiger charge is -2.34. The lowest BCUT2D eigenvalue weighted by Crippen LogP contribution is -2.46. The summed E-state index contributed by atoms with van der Waals surface area (Å²) in [5.74, 6) is 1.46. The number of Topliss-reactive ketones (excluding diaryl/α,β-unsaturated/α-hetero) is 1. The van der Waals surface area contributed by atoms with Crippen LogP contribution in [-0.4, -0.2) is 55.3 Å². The van der Waals surface area contributed by atoms with Crippen molar-refractivity contribution in [3.63, 3.8) is 0 Å². The van der Waals surface area contributed by atoms with E-state index < -0.39 is 5.54 Å². The maximum Gasteiger partial charge on any atom is 0.222 e. The average molecular weight is 493 g/mol. The highest BCUT2D eigenvalue weighted by atomic mass is 16.5. The summed E-state index contributed by atoms with van der Waals surface area (Å²) in [6.07, 6.45) is 4.74. The van der Waals surface area contributed by atoms with Gasteiger partial charge in [-0.15, -0.1) is 0 Å². The summed E-state index contributed by atoms with van der Waals surface area (Å²) in [4.78, 5) is 40.1. The number of amides is 2. The van der Waals surface area contributed by atoms with E-state index in [1.54, 1.807) is 14.2 Å². The van der Waals surface area contributed by atoms with Crippen LogP contribution in [0, 0.1) is 5.92 Å². The molecule has 2 aliphatic rings. The van der Waals surface area contributed by atoms with E-state index in [9.17, 15) is 14.4 Å². The number of ether oxygens (including phenoxy) is 2. The van der Waals surface area contributed by atoms with Gasteiger partial charge in [-0.1, -0.05) is 36.4 Å². The van der Waals surface area contributed by atoms with E-state index in [0.29, 0.717) is 63.1 Å². The third kappa shape index (κ3) is 6.25. The molecular formula is C29H36N2O5. The van der Waals surface area contributed by atoms with E-state index in [2.05, 4.69) is 5.32 Å². The summed E-state index contributed by atoms with van der Waals surface area (Å²) in [5.41, 5.74) is 1.57. The number of piperidine rings is 1. The summed E-state index contributed by atoms with van der Waals surface area (Å²) in [5, 5.41) is 3.16. The van der Waals surface area contributed by atoms with Gasteiger partial charge in [0.2, 0.25) is 11.8 Å². The number of benzene rings is 2. The Balaban J connectivity index is 1.37. The number of hydrogen-bond acceptors (Lipinski definition) is 5. The van der Waals surface area contributed by atoms with Crippen molar-refractivity contribution >= 4 is 17.6 Å². The molecule has 2 heterocycles. The van der Waals surface area contributed by atoms with Gasteiger partial charge in [0, 0.05) is 43.8 Å². The number of hydrogen-bond donors (Lipinski definition) is 1. The van der Waals surface area contributed by atoms with Gasteiger partial charge in [-0.2, -0.15) is 0 Å². The second-order valence-corrected chi connectivity index (χ2v) is 10.0. The first-order valence-corrected chi connectivity index (χ1v) is 12.8. The van der Waals surface area contributed by atoms with Crippen molar-refractivity contribution in [3.05, 3.63) is 59.7 Å². The summed E-state index contributed by atoms with van der Waals surface area (Å²) in [7, 11) is 3.20. The third-order valence-corrected chi connectivity index (χ3v) is 7.49. The molecule has 1 N–H and O–H groups in total. The van der Waals surface area contributed by atoms with Crippen LogP contribution in [0.5, 0.6) is 11.5 Å². The predicted molar refractivity (Wildman–Crippen MR) is 137 cm³/mol. The largest absolute Gasteiger partial charge is 0.493 e. The zero-order valence-corrected chi connectivity index (χ0v) is 21.3. The van der Waals surface area contributed by atoms with Crippen molar-refractivity contribution in [1.82, 2.24) is 10.2 Å². The fourth-order valence-electron chi connectivity index (χ4n) is 5.48. The molecule has 2 aromatic carbocycles. The second-order valence-electron chi connectivity index (χ2n) is 10.0. The molecule has 4 rings (SSSR count). The smallest absolute Gasteiger partial charge is 0.222 e. The molecule has 7 nitrogen and oxygen atoms in total. The molecule has 0 aromatic heterocycles. The minimum atomic E-state index is -0.468. The molecular weight excluding hydrogens is 456 g/mol. The van der Waals surface area contributed by atoms with Gasteiger partial charge in [0.15, 0.2) is 11.5 Å². The minimum Gasteiger partial charge on any atom is -0.493 e. The lowest BCUT2D eigenvalue weighted by molar-refractivity contribution is -0.135. The molecule has 192 valence electrons. The summed E-state index contributed by atoms with van der Waals surface area (Å²) in [6.45, 7) is 1.17. The SMILES string of the molecule is COc1ccc(C[C@@]2(CCC(=O)N3CCC[C@H](C(=O)Cc4ccccc4)C3)CCC(=O)N2)cc1OC. The van der Waals surface area contributed by atoms with Crippen LogP contribution in [0.1, 0.15) is 49.7 Å². The van der Waals surface area contributed by atoms with E-state index >= 15 is 0 Å². The summed E-state index contributed by atoms with van der Waals surface area (Å²) >= 11 is 0. The van der Waals surface area contributed by atoms with E-state index in [4.69, 9.17) is 9.47 Å². The molecule has 2 atom stereocenters. The molecule has 0 saturated carbocycles. The fraction of sp³-hybridized carbons (Fsp3) is 0.483. The molecule has 2 aliphatic heterocycles. The van der Waals surface area contributed by atoms with Gasteiger partial charge in [0.25, 0.3) is 0 Å². The van der Waals surface area contributed by atoms with E-state index in [1.165, 1.54) is 0 Å². The molecule has 0 radical (unpaired) electrons. The number of carbonyl (C=O) groups is 3. The second kappa shape index (κ2) is 11.6. The Labute approximate surface area is 213 Å². The molecule has 0 spiro atoms. The first-order chi connectivity index (χ1) is 17.4. The Hall–Kier alpha value is -3.35. The first kappa shape index (κ1) is 25.7. The van der Waals surface area contributed by atoms with Crippen LogP contribution in [0.4, 0.5) is 0 Å². The molecule has 36 heavy (non-hydrogen) atoms. The number of ketones is 1. The van der Waals surface area contributed by atoms with Crippen LogP contribution in [0.15, 0.2) is 48.5 Å². The number of carbonyl (C=O) groups excluding carboxylic acids is 3. The molecule has 2 aromatic rings. The van der Waals surface area contributed by atoms with Crippen molar-refractivity contribution in [2.24, 2.45) is 5.92 Å². The normalized spacial score (nSPS) is 21.7. The van der Waals surface area contributed by atoms with Crippen molar-refractivity contribution in [2.45, 2.75) is 56.9 Å². The van der Waals surface area contributed by atoms with E-state index in [1.807, 2.05) is 53.4 Å². The van der Waals surface area contributed by atoms with E-state index in [-0.39, 0.29) is 23.5 Å². The van der Waals surface area contributed by atoms with Gasteiger partial charge < -0.3 is 19.7 Å². The maximum absolute atomic E-state index is 13.2. The van der Waals surface area contributed by atoms with Crippen molar-refractivity contribution < 1.29 is 23.9 Å². The van der Waals surface area contributed by atoms with Crippen LogP contribution in [-0.2, 0) is 27.2 Å². The Morgan fingerprint density at radius 3 is 2.53 bits per heavy atom. The Bertz CT molecular complexity index is 1090. The van der Waals surface area contributed by atoms with Gasteiger partial charge >= 0.3 is 0 Å². The molecule has 2 fully saturated rings. The first-order valence-electron chi connectivity index (χ1n) is 12.8. The van der Waals surface area contributed by atoms with Crippen LogP contribution in [0.3, 0.4) is 0 Å². The molecule has 0 aliphatic carbocycles. The zero-order chi connectivity index (χ0) is 25.5. The van der Waals surface area contributed by atoms with Crippen molar-refractivity contribution in [3.8, 4) is 11.5 Å². The molecule has 2 amide bonds. The monoisotopic (exact) mass is 492 g/mol. The fourth-order valence-corrected chi connectivity index (χ4v) is 5.48. The number of methoxy groups -OCH3 is 2. The summed E-state index contributed by atoms with van der Waals surface area (Å²) < 4.78 is 10.8. The molecule has 7 heteroatoms. The quantitative estimate of drug-likeness (QED) is 0.546. The highest BCUT2D eigenvalue weighted by molar-refractivity contribution is 5.85. The predicted octanol–water partition coefficient (Wildman–Crippen LogP) is 3.73. The van der Waals surface area contributed by atoms with Crippen molar-refractivity contribution in [2.75, 3.05) is 27.3 Å². The number of nitrogens with zero attached hydrogens (tertiary/aromatic N) is 1. The standard InChI is InChI=1S/C29H36N2O5/c1-35-25-11-10-22(18-26(25)36-2)19-29(14-12-27(33)30-29)15-13-28(34)31-16-6-9-23(20-31)24(32)17-21-7-4-3-5-8-21/h3-5,7-8,10-11,18,23H,6,9,12-17,19-20H2,1-2H3,(H,30,33)/t23-,29-/m0/s1. The van der Waals surface area contributed by atoms with Crippen LogP contribution >= 0.6 is 0 Å². The lowest BCUT2D eigenvalue weighted by atomic mass is 9.84. The molecule has 0 unspecified atom stereocenters. The highest BCUT2D eigenvalue weighted by Crippen LogP contribution is 2.34. The van der Waals surface area contributed by atoms with Gasteiger partial charge in [0.05, 0.1) is 14.2 Å². The Kier molecular flexibility index (Phi) is 8.28. The zero-order valence-electron chi connectivity index (χ0n) is 21.3. The summed E-state index contributed by atoms with van der Waals surface area (Å²) in [6, 6.07) is 15.5. The topological polar surface area (TPSA) is 84.9 Å². The number of rotatable bonds is 10. The van der Waals surface area contributed by atoms with Gasteiger partial charge in [0.1, 0.15) is 5.78 Å². The molecule has 0 bridgehead atoms. The molecule has 2 saturated heterocycles. The van der Waals surface area contributed by atoms with Gasteiger partial charge in [-0.25, -0.2) is 0 Å².